The molecule has 152 valence electrons. The molecule has 2 heterocycles. The fraction of sp³-hybridized carbons (Fsp3) is 0.375. The molecule has 1 fully saturated rings. The number of carbonyl (C=O) groups excluding carboxylic acids is 1. The number of thiazole rings is 1. The highest BCUT2D eigenvalue weighted by Crippen LogP contribution is 2.31. The summed E-state index contributed by atoms with van der Waals surface area (Å²) in [6, 6.07) is 2.25. The maximum absolute atomic E-state index is 13.4. The van der Waals surface area contributed by atoms with E-state index >= 15 is 0 Å². The summed E-state index contributed by atoms with van der Waals surface area (Å²) < 4.78 is 42.7. The van der Waals surface area contributed by atoms with Crippen LogP contribution in [0.2, 0.25) is 5.02 Å². The summed E-state index contributed by atoms with van der Waals surface area (Å²) in [6.07, 6.45) is 2.34. The van der Waals surface area contributed by atoms with E-state index in [0.717, 1.165) is 10.4 Å². The van der Waals surface area contributed by atoms with Crippen LogP contribution in [0.1, 0.15) is 23.9 Å². The molecule has 2 unspecified atom stereocenters. The number of carbonyl (C=O) groups is 1. The lowest BCUT2D eigenvalue weighted by Gasteiger charge is -2.37. The molecule has 0 spiro atoms. The van der Waals surface area contributed by atoms with Crippen LogP contribution in [0.4, 0.5) is 10.1 Å². The number of nitrogens with one attached hydrogen (secondary N) is 2. The van der Waals surface area contributed by atoms with Crippen molar-refractivity contribution in [3.8, 4) is 0 Å². The fourth-order valence-corrected chi connectivity index (χ4v) is 5.69. The van der Waals surface area contributed by atoms with Crippen molar-refractivity contribution in [2.75, 3.05) is 17.2 Å². The molecule has 3 rings (SSSR count). The number of alkyl halides is 1. The van der Waals surface area contributed by atoms with Crippen molar-refractivity contribution in [3.05, 3.63) is 45.6 Å². The number of aromatic nitrogens is 1. The number of nitrogens with zero attached hydrogens (tertiary/aromatic N) is 2. The van der Waals surface area contributed by atoms with Gasteiger partial charge in [0.25, 0.3) is 10.2 Å². The maximum atomic E-state index is 13.4. The second-order valence-corrected chi connectivity index (χ2v) is 9.85. The Balaban J connectivity index is 1.87. The topological polar surface area (TPSA) is 91.4 Å². The Morgan fingerprint density at radius 1 is 1.50 bits per heavy atom. The number of hydrogen-bond donors (Lipinski definition) is 2. The third kappa shape index (κ3) is 4.89. The molecule has 1 aromatic carbocycles. The van der Waals surface area contributed by atoms with Gasteiger partial charge in [0.15, 0.2) is 0 Å². The van der Waals surface area contributed by atoms with Crippen molar-refractivity contribution in [2.24, 2.45) is 0 Å². The Bertz CT molecular complexity index is 945. The molecule has 1 aromatic heterocycles. The highest BCUT2D eigenvalue weighted by atomic mass is 79.9. The van der Waals surface area contributed by atoms with Gasteiger partial charge in [-0.25, -0.2) is 9.37 Å². The SMILES string of the molecule is O=C(Nc1ccc(F)c(Cl)c1)C1CC(c2nccs2)NS(=O)(=O)N1CCCBr. The number of halogens is 3. The minimum absolute atomic E-state index is 0.132. The third-order valence-electron chi connectivity index (χ3n) is 4.16. The highest BCUT2D eigenvalue weighted by molar-refractivity contribution is 9.09. The van der Waals surface area contributed by atoms with Crippen molar-refractivity contribution in [1.82, 2.24) is 14.0 Å². The van der Waals surface area contributed by atoms with E-state index < -0.39 is 34.0 Å². The van der Waals surface area contributed by atoms with Crippen LogP contribution in [0.5, 0.6) is 0 Å². The van der Waals surface area contributed by atoms with E-state index in [9.17, 15) is 17.6 Å². The molecule has 0 bridgehead atoms. The standard InChI is InChI=1S/C16H17BrClFN4O3S2/c17-4-1-6-23-14(15(24)21-10-2-3-12(19)11(18)8-10)9-13(22-28(23,25)26)16-20-5-7-27-16/h2-3,5,7-8,13-14,22H,1,4,6,9H2,(H,21,24). The van der Waals surface area contributed by atoms with Gasteiger partial charge < -0.3 is 5.32 Å². The Morgan fingerprint density at radius 2 is 2.29 bits per heavy atom. The molecule has 28 heavy (non-hydrogen) atoms. The Hall–Kier alpha value is -1.11. The molecule has 0 saturated carbocycles. The number of hydrogen-bond acceptors (Lipinski definition) is 5. The molecule has 1 saturated heterocycles. The predicted octanol–water partition coefficient (Wildman–Crippen LogP) is 3.31. The molecule has 1 amide bonds. The van der Waals surface area contributed by atoms with Crippen LogP contribution in [0.25, 0.3) is 0 Å². The minimum Gasteiger partial charge on any atom is -0.325 e. The lowest BCUT2D eigenvalue weighted by atomic mass is 10.1. The van der Waals surface area contributed by atoms with Crippen LogP contribution in [-0.4, -0.2) is 41.5 Å². The zero-order chi connectivity index (χ0) is 20.3. The Kier molecular flexibility index (Phi) is 7.05. The van der Waals surface area contributed by atoms with Crippen molar-refractivity contribution < 1.29 is 17.6 Å². The van der Waals surface area contributed by atoms with Crippen LogP contribution in [0.3, 0.4) is 0 Å². The Labute approximate surface area is 179 Å². The first-order chi connectivity index (χ1) is 13.3. The van der Waals surface area contributed by atoms with Gasteiger partial charge in [-0.3, -0.25) is 4.79 Å². The van der Waals surface area contributed by atoms with Crippen LogP contribution in [0, 0.1) is 5.82 Å². The molecular weight excluding hydrogens is 495 g/mol. The van der Waals surface area contributed by atoms with Crippen molar-refractivity contribution in [2.45, 2.75) is 24.9 Å². The first-order valence-corrected chi connectivity index (χ1v) is 12.1. The predicted molar refractivity (Wildman–Crippen MR) is 110 cm³/mol. The second kappa shape index (κ2) is 9.14. The average molecular weight is 512 g/mol. The lowest BCUT2D eigenvalue weighted by Crippen LogP contribution is -2.57. The molecule has 1 aliphatic heterocycles. The third-order valence-corrected chi connectivity index (χ3v) is 7.53. The molecule has 2 N–H and O–H groups in total. The zero-order valence-electron chi connectivity index (χ0n) is 14.4. The largest absolute Gasteiger partial charge is 0.325 e. The van der Waals surface area contributed by atoms with E-state index in [-0.39, 0.29) is 18.0 Å². The van der Waals surface area contributed by atoms with E-state index in [1.807, 2.05) is 0 Å². The molecule has 2 atom stereocenters. The monoisotopic (exact) mass is 510 g/mol. The zero-order valence-corrected chi connectivity index (χ0v) is 18.4. The maximum Gasteiger partial charge on any atom is 0.280 e. The fourth-order valence-electron chi connectivity index (χ4n) is 2.89. The van der Waals surface area contributed by atoms with Gasteiger partial charge in [-0.05, 0) is 31.0 Å². The van der Waals surface area contributed by atoms with Crippen molar-refractivity contribution in [3.63, 3.8) is 0 Å². The minimum atomic E-state index is -3.89. The number of amides is 1. The van der Waals surface area contributed by atoms with Crippen molar-refractivity contribution >= 4 is 60.7 Å². The van der Waals surface area contributed by atoms with Gasteiger partial charge in [0, 0.05) is 29.1 Å². The Morgan fingerprint density at radius 3 is 2.93 bits per heavy atom. The van der Waals surface area contributed by atoms with Crippen LogP contribution in [-0.2, 0) is 15.0 Å². The summed E-state index contributed by atoms with van der Waals surface area (Å²) in [4.78, 5) is 17.1. The summed E-state index contributed by atoms with van der Waals surface area (Å²) >= 11 is 10.4. The van der Waals surface area contributed by atoms with Crippen LogP contribution >= 0.6 is 38.9 Å². The van der Waals surface area contributed by atoms with E-state index in [1.165, 1.54) is 23.5 Å². The molecule has 0 radical (unpaired) electrons. The normalized spacial score (nSPS) is 22.1. The van der Waals surface area contributed by atoms with E-state index in [2.05, 4.69) is 31.0 Å². The molecule has 1 aliphatic rings. The van der Waals surface area contributed by atoms with Gasteiger partial charge in [-0.15, -0.1) is 11.3 Å². The van der Waals surface area contributed by atoms with Gasteiger partial charge in [-0.2, -0.15) is 17.4 Å². The second-order valence-electron chi connectivity index (χ2n) is 6.07. The number of anilines is 1. The molecule has 0 aliphatic carbocycles. The van der Waals surface area contributed by atoms with E-state index in [0.29, 0.717) is 22.4 Å². The van der Waals surface area contributed by atoms with Gasteiger partial charge in [0.2, 0.25) is 5.91 Å². The van der Waals surface area contributed by atoms with Gasteiger partial charge in [-0.1, -0.05) is 27.5 Å². The smallest absolute Gasteiger partial charge is 0.280 e. The molecule has 2 aromatic rings. The van der Waals surface area contributed by atoms with Crippen LogP contribution < -0.4 is 10.0 Å². The summed E-state index contributed by atoms with van der Waals surface area (Å²) in [6.45, 7) is 0.174. The first-order valence-electron chi connectivity index (χ1n) is 8.32. The lowest BCUT2D eigenvalue weighted by molar-refractivity contribution is -0.120. The van der Waals surface area contributed by atoms with E-state index in [1.54, 1.807) is 11.6 Å². The first kappa shape index (κ1) is 21.6. The number of rotatable bonds is 6. The summed E-state index contributed by atoms with van der Waals surface area (Å²) in [7, 11) is -3.89. The molecule has 12 heteroatoms. The number of benzene rings is 1. The highest BCUT2D eigenvalue weighted by Gasteiger charge is 2.43. The van der Waals surface area contributed by atoms with Gasteiger partial charge >= 0.3 is 0 Å². The summed E-state index contributed by atoms with van der Waals surface area (Å²) in [5.74, 6) is -1.12. The van der Waals surface area contributed by atoms with Gasteiger partial charge in [0.05, 0.1) is 11.1 Å². The molecular formula is C16H17BrClFN4O3S2. The summed E-state index contributed by atoms with van der Waals surface area (Å²) in [5, 5.41) is 5.43. The quantitative estimate of drug-likeness (QED) is 0.582. The average Bonchev–Trinajstić information content (AvgIpc) is 3.17. The molecule has 7 nitrogen and oxygen atoms in total. The van der Waals surface area contributed by atoms with Gasteiger partial charge in [0.1, 0.15) is 16.9 Å². The van der Waals surface area contributed by atoms with Crippen LogP contribution in [0.15, 0.2) is 29.8 Å². The van der Waals surface area contributed by atoms with Crippen molar-refractivity contribution in [1.29, 1.82) is 0 Å². The summed E-state index contributed by atoms with van der Waals surface area (Å²) in [5.41, 5.74) is 0.290. The van der Waals surface area contributed by atoms with E-state index in [4.69, 9.17) is 11.6 Å².